The van der Waals surface area contributed by atoms with E-state index < -0.39 is 23.7 Å². The molecule has 3 heterocycles. The molecule has 2 aromatic rings. The van der Waals surface area contributed by atoms with E-state index in [2.05, 4.69) is 36.8 Å². The van der Waals surface area contributed by atoms with Crippen LogP contribution in [0.2, 0.25) is 0 Å². The van der Waals surface area contributed by atoms with Gasteiger partial charge >= 0.3 is 12.1 Å². The van der Waals surface area contributed by atoms with Gasteiger partial charge in [0, 0.05) is 36.5 Å². The molecule has 34 heavy (non-hydrogen) atoms. The molecule has 11 heteroatoms. The topological polar surface area (TPSA) is 135 Å². The summed E-state index contributed by atoms with van der Waals surface area (Å²) in [4.78, 5) is 47.1. The molecule has 3 rings (SSSR count). The van der Waals surface area contributed by atoms with Crippen LogP contribution in [-0.4, -0.2) is 74.5 Å². The van der Waals surface area contributed by atoms with E-state index in [1.165, 1.54) is 18.3 Å². The number of amides is 1. The summed E-state index contributed by atoms with van der Waals surface area (Å²) in [7, 11) is 1.30. The number of aliphatic imine (C=N–C) groups is 1. The number of aromatic nitrogens is 4. The number of rotatable bonds is 6. The number of hydrogen-bond acceptors (Lipinski definition) is 9. The molecule has 11 nitrogen and oxygen atoms in total. The summed E-state index contributed by atoms with van der Waals surface area (Å²) in [6.07, 6.45) is 4.73. The van der Waals surface area contributed by atoms with Crippen LogP contribution < -0.4 is 5.32 Å². The average molecular weight is 470 g/mol. The third-order valence-electron chi connectivity index (χ3n) is 5.03. The van der Waals surface area contributed by atoms with Crippen molar-refractivity contribution in [3.8, 4) is 0 Å². The number of imidazole rings is 1. The molecule has 182 valence electrons. The number of anilines is 1. The molecule has 2 atom stereocenters. The number of ether oxygens (including phenoxy) is 2. The summed E-state index contributed by atoms with van der Waals surface area (Å²) >= 11 is 0. The Morgan fingerprint density at radius 2 is 2.09 bits per heavy atom. The van der Waals surface area contributed by atoms with Gasteiger partial charge in [-0.15, -0.1) is 0 Å². The highest BCUT2D eigenvalue weighted by atomic mass is 16.6. The molecular formula is C23H31N7O4. The van der Waals surface area contributed by atoms with Crippen molar-refractivity contribution in [2.45, 2.75) is 58.7 Å². The Balaban J connectivity index is 1.85. The SMILES string of the molecule is C=C(C)/N=C\C(=C/C)c1nc2c(NC3CC(C(=O)OC)N(C(=O)OC(C)(C)C)C3)ncnc2[nH]1. The number of hydrogen-bond donors (Lipinski definition) is 2. The molecular weight excluding hydrogens is 438 g/mol. The number of carbonyl (C=O) groups excluding carboxylic acids is 2. The lowest BCUT2D eigenvalue weighted by atomic mass is 10.1. The Hall–Kier alpha value is -3.76. The highest BCUT2D eigenvalue weighted by Gasteiger charge is 2.42. The largest absolute Gasteiger partial charge is 0.467 e. The Kier molecular flexibility index (Phi) is 7.33. The van der Waals surface area contributed by atoms with Crippen LogP contribution in [0.5, 0.6) is 0 Å². The Labute approximate surface area is 198 Å². The standard InChI is InChI=1S/C23H31N7O4/c1-8-14(10-24-13(2)3)18-28-17-19(25-12-26-20(17)29-18)27-15-9-16(21(31)33-7)30(11-15)22(32)34-23(4,5)6/h8,10,12,15-16H,2,9,11H2,1,3-7H3,(H2,25,26,27,28,29)/b14-8+,24-10-. The number of H-pyrrole nitrogens is 1. The zero-order chi connectivity index (χ0) is 25.0. The monoisotopic (exact) mass is 469 g/mol. The lowest BCUT2D eigenvalue weighted by Gasteiger charge is -2.27. The van der Waals surface area contributed by atoms with E-state index in [0.717, 1.165) is 5.57 Å². The molecule has 0 saturated carbocycles. The summed E-state index contributed by atoms with van der Waals surface area (Å²) < 4.78 is 10.4. The van der Waals surface area contributed by atoms with Crippen molar-refractivity contribution in [2.75, 3.05) is 19.0 Å². The summed E-state index contributed by atoms with van der Waals surface area (Å²) in [5.41, 5.74) is 1.84. The number of allylic oxidation sites excluding steroid dienone is 3. The lowest BCUT2D eigenvalue weighted by Crippen LogP contribution is -2.44. The molecule has 0 spiro atoms. The summed E-state index contributed by atoms with van der Waals surface area (Å²) in [5, 5.41) is 3.30. The number of fused-ring (bicyclic) bond motifs is 1. The highest BCUT2D eigenvalue weighted by Crippen LogP contribution is 2.27. The van der Waals surface area contributed by atoms with Gasteiger partial charge in [-0.05, 0) is 34.6 Å². The molecule has 2 N–H and O–H groups in total. The van der Waals surface area contributed by atoms with E-state index in [4.69, 9.17) is 9.47 Å². The third-order valence-corrected chi connectivity index (χ3v) is 5.03. The fraction of sp³-hybridized carbons (Fsp3) is 0.478. The number of likely N-dealkylation sites (tertiary alicyclic amines) is 1. The Morgan fingerprint density at radius 1 is 1.35 bits per heavy atom. The van der Waals surface area contributed by atoms with Gasteiger partial charge in [0.05, 0.1) is 7.11 Å². The second-order valence-corrected chi connectivity index (χ2v) is 8.99. The van der Waals surface area contributed by atoms with Crippen LogP contribution in [0.4, 0.5) is 10.6 Å². The van der Waals surface area contributed by atoms with Crippen molar-refractivity contribution in [1.29, 1.82) is 0 Å². The zero-order valence-electron chi connectivity index (χ0n) is 20.4. The van der Waals surface area contributed by atoms with Crippen LogP contribution in [0.3, 0.4) is 0 Å². The van der Waals surface area contributed by atoms with E-state index in [9.17, 15) is 9.59 Å². The minimum Gasteiger partial charge on any atom is -0.467 e. The van der Waals surface area contributed by atoms with Gasteiger partial charge in [0.15, 0.2) is 17.0 Å². The molecule has 1 fully saturated rings. The number of esters is 1. The second-order valence-electron chi connectivity index (χ2n) is 8.99. The van der Waals surface area contributed by atoms with E-state index in [-0.39, 0.29) is 12.6 Å². The van der Waals surface area contributed by atoms with Gasteiger partial charge < -0.3 is 19.8 Å². The fourth-order valence-corrected chi connectivity index (χ4v) is 3.54. The molecule has 2 aromatic heterocycles. The molecule has 0 aromatic carbocycles. The lowest BCUT2D eigenvalue weighted by molar-refractivity contribution is -0.145. The van der Waals surface area contributed by atoms with E-state index in [1.807, 2.05) is 13.0 Å². The van der Waals surface area contributed by atoms with Crippen molar-refractivity contribution in [3.63, 3.8) is 0 Å². The summed E-state index contributed by atoms with van der Waals surface area (Å²) in [6, 6.07) is -1.04. The van der Waals surface area contributed by atoms with Crippen LogP contribution in [0, 0.1) is 0 Å². The summed E-state index contributed by atoms with van der Waals surface area (Å²) in [5.74, 6) is 0.569. The normalized spacial score (nSPS) is 19.0. The number of methoxy groups -OCH3 is 1. The van der Waals surface area contributed by atoms with E-state index >= 15 is 0 Å². The number of aromatic amines is 1. The minimum absolute atomic E-state index is 0.239. The first-order chi connectivity index (χ1) is 16.0. The summed E-state index contributed by atoms with van der Waals surface area (Å²) in [6.45, 7) is 13.0. The predicted octanol–water partition coefficient (Wildman–Crippen LogP) is 3.32. The first kappa shape index (κ1) is 24.9. The quantitative estimate of drug-likeness (QED) is 0.486. The van der Waals surface area contributed by atoms with Crippen LogP contribution in [0.25, 0.3) is 16.7 Å². The van der Waals surface area contributed by atoms with Gasteiger partial charge in [-0.3, -0.25) is 9.89 Å². The van der Waals surface area contributed by atoms with Gasteiger partial charge in [0.1, 0.15) is 23.8 Å². The smallest absolute Gasteiger partial charge is 0.411 e. The fourth-order valence-electron chi connectivity index (χ4n) is 3.54. The van der Waals surface area contributed by atoms with E-state index in [1.54, 1.807) is 33.9 Å². The first-order valence-electron chi connectivity index (χ1n) is 10.9. The van der Waals surface area contributed by atoms with E-state index in [0.29, 0.717) is 34.9 Å². The van der Waals surface area contributed by atoms with Gasteiger partial charge in [-0.2, -0.15) is 0 Å². The minimum atomic E-state index is -0.766. The van der Waals surface area contributed by atoms with Gasteiger partial charge in [-0.1, -0.05) is 12.7 Å². The van der Waals surface area contributed by atoms with Gasteiger partial charge in [0.25, 0.3) is 0 Å². The average Bonchev–Trinajstić information content (AvgIpc) is 3.37. The van der Waals surface area contributed by atoms with Crippen LogP contribution in [0.1, 0.15) is 46.9 Å². The van der Waals surface area contributed by atoms with Crippen LogP contribution in [0.15, 0.2) is 29.7 Å². The third kappa shape index (κ3) is 5.77. The molecule has 1 amide bonds. The molecule has 1 aliphatic rings. The number of carbonyl (C=O) groups is 2. The maximum atomic E-state index is 12.7. The van der Waals surface area contributed by atoms with Crippen molar-refractivity contribution in [3.05, 3.63) is 30.5 Å². The number of nitrogens with zero attached hydrogens (tertiary/aromatic N) is 5. The van der Waals surface area contributed by atoms with Gasteiger partial charge in [-0.25, -0.2) is 24.5 Å². The van der Waals surface area contributed by atoms with Crippen molar-refractivity contribution in [1.82, 2.24) is 24.8 Å². The maximum absolute atomic E-state index is 12.7. The van der Waals surface area contributed by atoms with Crippen molar-refractivity contribution < 1.29 is 19.1 Å². The first-order valence-corrected chi connectivity index (χ1v) is 10.9. The molecule has 0 bridgehead atoms. The van der Waals surface area contributed by atoms with Crippen LogP contribution in [-0.2, 0) is 14.3 Å². The number of nitrogens with one attached hydrogen (secondary N) is 2. The van der Waals surface area contributed by atoms with Crippen LogP contribution >= 0.6 is 0 Å². The molecule has 1 aliphatic heterocycles. The predicted molar refractivity (Wildman–Crippen MR) is 129 cm³/mol. The molecule has 2 unspecified atom stereocenters. The highest BCUT2D eigenvalue weighted by molar-refractivity contribution is 6.09. The van der Waals surface area contributed by atoms with Crippen molar-refractivity contribution in [2.24, 2.45) is 4.99 Å². The molecule has 1 saturated heterocycles. The maximum Gasteiger partial charge on any atom is 0.411 e. The second kappa shape index (κ2) is 10.0. The van der Waals surface area contributed by atoms with Crippen molar-refractivity contribution >= 4 is 40.8 Å². The molecule has 0 radical (unpaired) electrons. The Bertz CT molecular complexity index is 1150. The van der Waals surface area contributed by atoms with Gasteiger partial charge in [0.2, 0.25) is 0 Å². The Morgan fingerprint density at radius 3 is 2.71 bits per heavy atom. The zero-order valence-corrected chi connectivity index (χ0v) is 20.4. The molecule has 0 aliphatic carbocycles.